The van der Waals surface area contributed by atoms with Crippen molar-refractivity contribution in [3.63, 3.8) is 0 Å². The molecule has 1 aromatic carbocycles. The van der Waals surface area contributed by atoms with E-state index in [1.165, 1.54) is 17.8 Å². The Morgan fingerprint density at radius 3 is 2.42 bits per heavy atom. The standard InChI is InChI=1S/C19H27BrFNO3S/c1-7-8-16(23)22-14-10-15(12(20)9-13(14)21)26-17(11(2)3)18(24)25-19(4,5)6/h9-11,17H,7-8H2,1-6H3,(H,22,23). The summed E-state index contributed by atoms with van der Waals surface area (Å²) in [5.74, 6) is -1.06. The predicted octanol–water partition coefficient (Wildman–Crippen LogP) is 5.79. The molecule has 0 radical (unpaired) electrons. The van der Waals surface area contributed by atoms with E-state index in [1.54, 1.807) is 6.07 Å². The average molecular weight is 448 g/mol. The van der Waals surface area contributed by atoms with Gasteiger partial charge in [-0.1, -0.05) is 20.8 Å². The SMILES string of the molecule is CCCC(=O)Nc1cc(SC(C(=O)OC(C)(C)C)C(C)C)c(Br)cc1F. The van der Waals surface area contributed by atoms with Crippen LogP contribution in [0.1, 0.15) is 54.4 Å². The fourth-order valence-electron chi connectivity index (χ4n) is 2.11. The van der Waals surface area contributed by atoms with Crippen LogP contribution in [0, 0.1) is 11.7 Å². The molecule has 1 amide bonds. The lowest BCUT2D eigenvalue weighted by molar-refractivity contribution is -0.154. The lowest BCUT2D eigenvalue weighted by atomic mass is 10.1. The summed E-state index contributed by atoms with van der Waals surface area (Å²) in [6.07, 6.45) is 1.00. The highest BCUT2D eigenvalue weighted by Crippen LogP contribution is 2.37. The minimum atomic E-state index is -0.579. The molecule has 0 saturated carbocycles. The lowest BCUT2D eigenvalue weighted by Crippen LogP contribution is -2.33. The summed E-state index contributed by atoms with van der Waals surface area (Å²) >= 11 is 4.64. The number of amides is 1. The first-order valence-electron chi connectivity index (χ1n) is 8.63. The number of hydrogen-bond acceptors (Lipinski definition) is 4. The number of carbonyl (C=O) groups is 2. The van der Waals surface area contributed by atoms with Gasteiger partial charge in [-0.05, 0) is 61.2 Å². The number of benzene rings is 1. The second kappa shape index (κ2) is 9.74. The molecular formula is C19H27BrFNO3S. The fourth-order valence-corrected chi connectivity index (χ4v) is 3.75. The molecule has 146 valence electrons. The number of anilines is 1. The third-order valence-electron chi connectivity index (χ3n) is 3.27. The van der Waals surface area contributed by atoms with Crippen molar-refractivity contribution >= 4 is 45.3 Å². The summed E-state index contributed by atoms with van der Waals surface area (Å²) in [4.78, 5) is 25.0. The summed E-state index contributed by atoms with van der Waals surface area (Å²) in [5.41, 5.74) is -0.467. The van der Waals surface area contributed by atoms with Crippen LogP contribution in [-0.4, -0.2) is 22.7 Å². The van der Waals surface area contributed by atoms with Gasteiger partial charge in [-0.3, -0.25) is 9.59 Å². The number of esters is 1. The Labute approximate surface area is 167 Å². The first-order chi connectivity index (χ1) is 11.9. The summed E-state index contributed by atoms with van der Waals surface area (Å²) in [7, 11) is 0. The highest BCUT2D eigenvalue weighted by atomic mass is 79.9. The van der Waals surface area contributed by atoms with Gasteiger partial charge < -0.3 is 10.1 Å². The molecule has 0 aliphatic rings. The van der Waals surface area contributed by atoms with E-state index in [0.29, 0.717) is 22.2 Å². The number of ether oxygens (including phenoxy) is 1. The van der Waals surface area contributed by atoms with Crippen LogP contribution < -0.4 is 5.32 Å². The van der Waals surface area contributed by atoms with Gasteiger partial charge in [0.25, 0.3) is 0 Å². The number of thioether (sulfide) groups is 1. The summed E-state index contributed by atoms with van der Waals surface area (Å²) < 4.78 is 20.2. The highest BCUT2D eigenvalue weighted by molar-refractivity contribution is 9.10. The van der Waals surface area contributed by atoms with Crippen LogP contribution in [0.25, 0.3) is 0 Å². The third kappa shape index (κ3) is 7.27. The van der Waals surface area contributed by atoms with Crippen LogP contribution in [0.5, 0.6) is 0 Å². The Hall–Kier alpha value is -1.08. The molecule has 0 spiro atoms. The fraction of sp³-hybridized carbons (Fsp3) is 0.579. The highest BCUT2D eigenvalue weighted by Gasteiger charge is 2.29. The van der Waals surface area contributed by atoms with Crippen molar-refractivity contribution in [2.75, 3.05) is 5.32 Å². The molecule has 0 fully saturated rings. The van der Waals surface area contributed by atoms with Gasteiger partial charge in [0, 0.05) is 15.8 Å². The molecule has 0 aliphatic heterocycles. The molecule has 0 bridgehead atoms. The van der Waals surface area contributed by atoms with Crippen molar-refractivity contribution in [2.24, 2.45) is 5.92 Å². The molecule has 26 heavy (non-hydrogen) atoms. The van der Waals surface area contributed by atoms with Crippen molar-refractivity contribution in [3.8, 4) is 0 Å². The smallest absolute Gasteiger partial charge is 0.320 e. The normalized spacial score (nSPS) is 12.8. The second-order valence-electron chi connectivity index (χ2n) is 7.38. The molecule has 1 atom stereocenters. The zero-order valence-corrected chi connectivity index (χ0v) is 18.5. The maximum atomic E-state index is 14.2. The van der Waals surface area contributed by atoms with Gasteiger partial charge in [-0.15, -0.1) is 11.8 Å². The van der Waals surface area contributed by atoms with Crippen LogP contribution in [-0.2, 0) is 14.3 Å². The Kier molecular flexibility index (Phi) is 8.60. The largest absolute Gasteiger partial charge is 0.459 e. The van der Waals surface area contributed by atoms with E-state index in [1.807, 2.05) is 41.5 Å². The molecule has 1 N–H and O–H groups in total. The molecule has 0 saturated heterocycles. The molecule has 1 aromatic rings. The Balaban J connectivity index is 3.08. The summed E-state index contributed by atoms with van der Waals surface area (Å²) in [6, 6.07) is 2.85. The molecule has 0 aromatic heterocycles. The average Bonchev–Trinajstić information content (AvgIpc) is 2.46. The maximum absolute atomic E-state index is 14.2. The molecule has 4 nitrogen and oxygen atoms in total. The van der Waals surface area contributed by atoms with Crippen LogP contribution >= 0.6 is 27.7 Å². The zero-order valence-electron chi connectivity index (χ0n) is 16.1. The van der Waals surface area contributed by atoms with Crippen molar-refractivity contribution in [3.05, 3.63) is 22.4 Å². The Morgan fingerprint density at radius 2 is 1.92 bits per heavy atom. The van der Waals surface area contributed by atoms with Crippen LogP contribution in [0.2, 0.25) is 0 Å². The topological polar surface area (TPSA) is 55.4 Å². The number of carbonyl (C=O) groups excluding carboxylic acids is 2. The van der Waals surface area contributed by atoms with Crippen LogP contribution in [0.15, 0.2) is 21.5 Å². The van der Waals surface area contributed by atoms with Gasteiger partial charge in [-0.2, -0.15) is 0 Å². The van der Waals surface area contributed by atoms with Gasteiger partial charge in [0.05, 0.1) is 5.69 Å². The van der Waals surface area contributed by atoms with Crippen LogP contribution in [0.3, 0.4) is 0 Å². The molecule has 1 rings (SSSR count). The molecule has 0 aliphatic carbocycles. The minimum absolute atomic E-state index is 0.0185. The van der Waals surface area contributed by atoms with E-state index in [9.17, 15) is 14.0 Å². The Bertz CT molecular complexity index is 659. The van der Waals surface area contributed by atoms with Crippen molar-refractivity contribution in [2.45, 2.75) is 70.1 Å². The van der Waals surface area contributed by atoms with Crippen molar-refractivity contribution in [1.82, 2.24) is 0 Å². The zero-order chi connectivity index (χ0) is 20.1. The van der Waals surface area contributed by atoms with E-state index in [-0.39, 0.29) is 23.5 Å². The molecule has 0 heterocycles. The quantitative estimate of drug-likeness (QED) is 0.424. The maximum Gasteiger partial charge on any atom is 0.320 e. The number of nitrogens with one attached hydrogen (secondary N) is 1. The van der Waals surface area contributed by atoms with Gasteiger partial charge >= 0.3 is 5.97 Å². The van der Waals surface area contributed by atoms with Crippen molar-refractivity contribution in [1.29, 1.82) is 0 Å². The first-order valence-corrected chi connectivity index (χ1v) is 10.3. The minimum Gasteiger partial charge on any atom is -0.459 e. The van der Waals surface area contributed by atoms with E-state index in [4.69, 9.17) is 4.74 Å². The third-order valence-corrected chi connectivity index (χ3v) is 5.77. The Morgan fingerprint density at radius 1 is 1.31 bits per heavy atom. The van der Waals surface area contributed by atoms with Gasteiger partial charge in [-0.25, -0.2) is 4.39 Å². The molecule has 7 heteroatoms. The van der Waals surface area contributed by atoms with Gasteiger partial charge in [0.1, 0.15) is 16.7 Å². The number of rotatable bonds is 7. The summed E-state index contributed by atoms with van der Waals surface area (Å²) in [6.45, 7) is 11.2. The number of halogens is 2. The van der Waals surface area contributed by atoms with Crippen LogP contribution in [0.4, 0.5) is 10.1 Å². The van der Waals surface area contributed by atoms with E-state index >= 15 is 0 Å². The first kappa shape index (κ1) is 23.0. The van der Waals surface area contributed by atoms with E-state index in [0.717, 1.165) is 0 Å². The van der Waals surface area contributed by atoms with Gasteiger partial charge in [0.2, 0.25) is 5.91 Å². The molecular weight excluding hydrogens is 421 g/mol. The lowest BCUT2D eigenvalue weighted by Gasteiger charge is -2.26. The number of hydrogen-bond donors (Lipinski definition) is 1. The van der Waals surface area contributed by atoms with E-state index in [2.05, 4.69) is 21.2 Å². The summed E-state index contributed by atoms with van der Waals surface area (Å²) in [5, 5.41) is 2.14. The monoisotopic (exact) mass is 447 g/mol. The predicted molar refractivity (Wildman–Crippen MR) is 108 cm³/mol. The van der Waals surface area contributed by atoms with Crippen molar-refractivity contribution < 1.29 is 18.7 Å². The van der Waals surface area contributed by atoms with E-state index < -0.39 is 16.7 Å². The molecule has 1 unspecified atom stereocenters. The van der Waals surface area contributed by atoms with Gasteiger partial charge in [0.15, 0.2) is 0 Å². The second-order valence-corrected chi connectivity index (χ2v) is 9.41.